The van der Waals surface area contributed by atoms with E-state index in [-0.39, 0.29) is 6.79 Å². The second kappa shape index (κ2) is 9.50. The van der Waals surface area contributed by atoms with Gasteiger partial charge in [-0.3, -0.25) is 0 Å². The van der Waals surface area contributed by atoms with Gasteiger partial charge in [-0.15, -0.1) is 0 Å². The van der Waals surface area contributed by atoms with Gasteiger partial charge in [0.15, 0.2) is 16.6 Å². The van der Waals surface area contributed by atoms with Crippen LogP contribution in [0, 0.1) is 0 Å². The molecule has 0 aliphatic carbocycles. The first kappa shape index (κ1) is 20.0. The van der Waals surface area contributed by atoms with Crippen molar-refractivity contribution in [3.63, 3.8) is 0 Å². The molecule has 1 heterocycles. The van der Waals surface area contributed by atoms with E-state index >= 15 is 0 Å². The lowest BCUT2D eigenvalue weighted by atomic mass is 10.1. The van der Waals surface area contributed by atoms with Crippen LogP contribution in [0.4, 0.5) is 5.69 Å². The van der Waals surface area contributed by atoms with E-state index in [1.165, 1.54) is 5.56 Å². The van der Waals surface area contributed by atoms with Crippen LogP contribution in [-0.2, 0) is 13.1 Å². The number of rotatable bonds is 7. The maximum atomic E-state index is 5.77. The Kier molecular flexibility index (Phi) is 6.35. The summed E-state index contributed by atoms with van der Waals surface area (Å²) >= 11 is 5.77. The number of fused-ring (bicyclic) bond motifs is 1. The van der Waals surface area contributed by atoms with Crippen molar-refractivity contribution in [3.8, 4) is 17.2 Å². The number of anilines is 1. The topological polar surface area (TPSA) is 43.0 Å². The highest BCUT2D eigenvalue weighted by Gasteiger charge is 2.16. The maximum Gasteiger partial charge on any atom is 0.231 e. The lowest BCUT2D eigenvalue weighted by Crippen LogP contribution is -2.33. The summed E-state index contributed by atoms with van der Waals surface area (Å²) in [7, 11) is 0. The molecule has 0 saturated carbocycles. The SMILES string of the molecule is CCOc1ccc(NC(=S)N(Cc2ccccc2)Cc2ccc3c(c2)OCO3)cc1. The first-order valence-electron chi connectivity index (χ1n) is 9.92. The van der Waals surface area contributed by atoms with Crippen LogP contribution in [0.15, 0.2) is 72.8 Å². The molecule has 0 aromatic heterocycles. The molecule has 0 saturated heterocycles. The minimum Gasteiger partial charge on any atom is -0.494 e. The zero-order valence-corrected chi connectivity index (χ0v) is 17.7. The molecule has 0 atom stereocenters. The van der Waals surface area contributed by atoms with Gasteiger partial charge in [-0.2, -0.15) is 0 Å². The fourth-order valence-electron chi connectivity index (χ4n) is 3.27. The molecule has 154 valence electrons. The van der Waals surface area contributed by atoms with Crippen molar-refractivity contribution in [2.24, 2.45) is 0 Å². The molecule has 0 radical (unpaired) electrons. The molecular formula is C24H24N2O3S. The number of thiocarbonyl (C=S) groups is 1. The summed E-state index contributed by atoms with van der Waals surface area (Å²) < 4.78 is 16.5. The van der Waals surface area contributed by atoms with E-state index in [4.69, 9.17) is 26.4 Å². The van der Waals surface area contributed by atoms with Crippen LogP contribution in [0.3, 0.4) is 0 Å². The van der Waals surface area contributed by atoms with Crippen LogP contribution in [0.5, 0.6) is 17.2 Å². The highest BCUT2D eigenvalue weighted by Crippen LogP contribution is 2.33. The van der Waals surface area contributed by atoms with Gasteiger partial charge in [-0.05, 0) is 66.7 Å². The maximum absolute atomic E-state index is 5.77. The number of hydrogen-bond acceptors (Lipinski definition) is 4. The Balaban J connectivity index is 1.51. The van der Waals surface area contributed by atoms with Crippen LogP contribution in [-0.4, -0.2) is 23.4 Å². The molecule has 5 nitrogen and oxygen atoms in total. The quantitative estimate of drug-likeness (QED) is 0.529. The van der Waals surface area contributed by atoms with Crippen LogP contribution in [0.1, 0.15) is 18.1 Å². The molecule has 0 bridgehead atoms. The van der Waals surface area contributed by atoms with E-state index in [1.807, 2.05) is 67.6 Å². The van der Waals surface area contributed by atoms with Gasteiger partial charge in [0, 0.05) is 18.8 Å². The zero-order chi connectivity index (χ0) is 20.8. The summed E-state index contributed by atoms with van der Waals surface area (Å²) in [6, 6.07) is 24.1. The number of benzene rings is 3. The molecule has 1 N–H and O–H groups in total. The molecule has 1 aliphatic heterocycles. The highest BCUT2D eigenvalue weighted by molar-refractivity contribution is 7.80. The predicted molar refractivity (Wildman–Crippen MR) is 122 cm³/mol. The van der Waals surface area contributed by atoms with Gasteiger partial charge in [0.25, 0.3) is 0 Å². The van der Waals surface area contributed by atoms with E-state index < -0.39 is 0 Å². The van der Waals surface area contributed by atoms with Gasteiger partial charge in [0.1, 0.15) is 5.75 Å². The van der Waals surface area contributed by atoms with Crippen molar-refractivity contribution in [1.82, 2.24) is 4.90 Å². The predicted octanol–water partition coefficient (Wildman–Crippen LogP) is 5.21. The number of hydrogen-bond donors (Lipinski definition) is 1. The van der Waals surface area contributed by atoms with Gasteiger partial charge in [-0.25, -0.2) is 0 Å². The van der Waals surface area contributed by atoms with E-state index in [1.54, 1.807) is 0 Å². The van der Waals surface area contributed by atoms with Crippen molar-refractivity contribution in [1.29, 1.82) is 0 Å². The van der Waals surface area contributed by atoms with Crippen LogP contribution in [0.2, 0.25) is 0 Å². The highest BCUT2D eigenvalue weighted by atomic mass is 32.1. The molecule has 3 aromatic carbocycles. The van der Waals surface area contributed by atoms with Gasteiger partial charge in [0.05, 0.1) is 6.61 Å². The normalized spacial score (nSPS) is 11.8. The van der Waals surface area contributed by atoms with Gasteiger partial charge < -0.3 is 24.4 Å². The monoisotopic (exact) mass is 420 g/mol. The largest absolute Gasteiger partial charge is 0.494 e. The van der Waals surface area contributed by atoms with Gasteiger partial charge in [-0.1, -0.05) is 36.4 Å². The third-order valence-corrected chi connectivity index (χ3v) is 5.09. The minimum absolute atomic E-state index is 0.268. The molecule has 6 heteroatoms. The Bertz CT molecular complexity index is 993. The van der Waals surface area contributed by atoms with Crippen molar-refractivity contribution in [2.75, 3.05) is 18.7 Å². The van der Waals surface area contributed by atoms with Crippen LogP contribution < -0.4 is 19.5 Å². The standard InChI is InChI=1S/C24H24N2O3S/c1-2-27-21-11-9-20(10-12-21)25-24(30)26(15-18-6-4-3-5-7-18)16-19-8-13-22-23(14-19)29-17-28-22/h3-14H,2,15-17H2,1H3,(H,25,30). The molecule has 0 spiro atoms. The summed E-state index contributed by atoms with van der Waals surface area (Å²) in [5.41, 5.74) is 3.22. The molecule has 30 heavy (non-hydrogen) atoms. The van der Waals surface area contributed by atoms with Gasteiger partial charge in [0.2, 0.25) is 6.79 Å². The fourth-order valence-corrected chi connectivity index (χ4v) is 3.51. The first-order valence-corrected chi connectivity index (χ1v) is 10.3. The molecule has 0 unspecified atom stereocenters. The molecular weight excluding hydrogens is 396 g/mol. The number of ether oxygens (including phenoxy) is 3. The van der Waals surface area contributed by atoms with Crippen molar-refractivity contribution in [2.45, 2.75) is 20.0 Å². The lowest BCUT2D eigenvalue weighted by molar-refractivity contribution is 0.174. The van der Waals surface area contributed by atoms with Crippen molar-refractivity contribution < 1.29 is 14.2 Å². The minimum atomic E-state index is 0.268. The van der Waals surface area contributed by atoms with Crippen LogP contribution >= 0.6 is 12.2 Å². The molecule has 4 rings (SSSR count). The summed E-state index contributed by atoms with van der Waals surface area (Å²) in [6.45, 7) is 4.22. The smallest absolute Gasteiger partial charge is 0.231 e. The molecule has 1 aliphatic rings. The average molecular weight is 421 g/mol. The van der Waals surface area contributed by atoms with Crippen molar-refractivity contribution >= 4 is 23.0 Å². The first-order chi connectivity index (χ1) is 14.7. The summed E-state index contributed by atoms with van der Waals surface area (Å²) in [5, 5.41) is 4.00. The third-order valence-electron chi connectivity index (χ3n) is 4.73. The fraction of sp³-hybridized carbons (Fsp3) is 0.208. The third kappa shape index (κ3) is 5.02. The van der Waals surface area contributed by atoms with E-state index in [9.17, 15) is 0 Å². The lowest BCUT2D eigenvalue weighted by Gasteiger charge is -2.26. The summed E-state index contributed by atoms with van der Waals surface area (Å²) in [4.78, 5) is 2.14. The van der Waals surface area contributed by atoms with Gasteiger partial charge >= 0.3 is 0 Å². The summed E-state index contributed by atoms with van der Waals surface area (Å²) in [6.07, 6.45) is 0. The van der Waals surface area contributed by atoms with E-state index in [2.05, 4.69) is 22.3 Å². The molecule has 0 fully saturated rings. The van der Waals surface area contributed by atoms with E-state index in [0.717, 1.165) is 28.5 Å². The van der Waals surface area contributed by atoms with Crippen molar-refractivity contribution in [3.05, 3.63) is 83.9 Å². The second-order valence-electron chi connectivity index (χ2n) is 6.92. The van der Waals surface area contributed by atoms with E-state index in [0.29, 0.717) is 24.8 Å². The Morgan fingerprint density at radius 3 is 2.43 bits per heavy atom. The number of nitrogens with one attached hydrogen (secondary N) is 1. The average Bonchev–Trinajstić information content (AvgIpc) is 3.23. The Hall–Kier alpha value is -3.25. The zero-order valence-electron chi connectivity index (χ0n) is 16.8. The Labute approximate surface area is 182 Å². The Morgan fingerprint density at radius 1 is 0.933 bits per heavy atom. The van der Waals surface area contributed by atoms with Crippen LogP contribution in [0.25, 0.3) is 0 Å². The Morgan fingerprint density at radius 2 is 1.67 bits per heavy atom. The molecule has 3 aromatic rings. The second-order valence-corrected chi connectivity index (χ2v) is 7.30. The summed E-state index contributed by atoms with van der Waals surface area (Å²) in [5.74, 6) is 2.40. The molecule has 0 amide bonds. The number of nitrogens with zero attached hydrogens (tertiary/aromatic N) is 1.